The number of aromatic hydroxyl groups is 1. The molecule has 21 nitrogen and oxygen atoms in total. The first kappa shape index (κ1) is 60.8. The van der Waals surface area contributed by atoms with Crippen LogP contribution in [0.1, 0.15) is 49.4 Å². The Hall–Kier alpha value is -5.77. The number of alkyl halides is 1. The minimum atomic E-state index is -0.927. The highest BCUT2D eigenvalue weighted by Gasteiger charge is 2.33. The van der Waals surface area contributed by atoms with E-state index in [1.807, 2.05) is 24.3 Å². The van der Waals surface area contributed by atoms with Crippen LogP contribution in [-0.4, -0.2) is 124 Å². The number of ether oxygens (including phenoxy) is 4. The first-order chi connectivity index (χ1) is 35.2. The third-order valence-electron chi connectivity index (χ3n) is 10.3. The highest BCUT2D eigenvalue weighted by molar-refractivity contribution is 9.10. The van der Waals surface area contributed by atoms with Crippen molar-refractivity contribution in [2.75, 3.05) is 26.4 Å². The molecule has 0 radical (unpaired) electrons. The molecule has 4 aromatic carbocycles. The molecule has 9 rings (SSSR count). The molecule has 2 atom stereocenters. The van der Waals surface area contributed by atoms with Crippen molar-refractivity contribution in [1.82, 2.24) is 5.32 Å². The van der Waals surface area contributed by atoms with Gasteiger partial charge in [0.2, 0.25) is 5.91 Å². The fourth-order valence-corrected chi connectivity index (χ4v) is 7.38. The number of phenols is 1. The van der Waals surface area contributed by atoms with E-state index in [-0.39, 0.29) is 57.6 Å². The van der Waals surface area contributed by atoms with Gasteiger partial charge >= 0.3 is 34.4 Å². The average Bonchev–Trinajstić information content (AvgIpc) is 4.19. The molecule has 0 aliphatic carbocycles. The van der Waals surface area contributed by atoms with Gasteiger partial charge in [0.25, 0.3) is 5.24 Å². The Balaban J connectivity index is 0.000000202. The third-order valence-corrected chi connectivity index (χ3v) is 12.2. The molecule has 0 aromatic heterocycles. The molecular formula is C46H54B4BrN3O18S2. The highest BCUT2D eigenvalue weighted by atomic mass is 79.9. The Morgan fingerprint density at radius 3 is 1.57 bits per heavy atom. The fraction of sp³-hybridized carbons (Fsp3) is 0.304. The second-order valence-electron chi connectivity index (χ2n) is 15.9. The number of nitrogens with two attached hydrogens (primary N) is 2. The molecule has 0 spiro atoms. The Bertz CT molecular complexity index is 2620. The maximum atomic E-state index is 11.4. The first-order valence-corrected chi connectivity index (χ1v) is 24.7. The number of halogens is 1. The summed E-state index contributed by atoms with van der Waals surface area (Å²) in [7, 11) is -3.52. The summed E-state index contributed by atoms with van der Waals surface area (Å²) >= 11 is 8.24. The van der Waals surface area contributed by atoms with Gasteiger partial charge in [-0.25, -0.2) is 4.79 Å². The predicted molar refractivity (Wildman–Crippen MR) is 285 cm³/mol. The van der Waals surface area contributed by atoms with E-state index in [1.54, 1.807) is 49.4 Å². The number of imide groups is 1. The van der Waals surface area contributed by atoms with Crippen LogP contribution in [-0.2, 0) is 69.0 Å². The normalized spacial score (nSPS) is 15.4. The summed E-state index contributed by atoms with van der Waals surface area (Å²) in [5.74, 6) is 1.41. The molecule has 2 amide bonds. The number of thioether (sulfide) groups is 1. The van der Waals surface area contributed by atoms with Gasteiger partial charge in [0, 0.05) is 12.5 Å². The Morgan fingerprint density at radius 1 is 0.770 bits per heavy atom. The number of amides is 2. The SMILES string of the molecule is C=CC(=O)OCC.CC(=O)C(Br)COc1ccc2c(c1)B(O)OC2.CC(=O)CCOc1ccc2c(c1)B(O)OC2.NC(N)=S.O=C1NC(=O)C(COc2ccc3c(c2)B(O)OC3)S1.OB1OCc2ccc(O)cc21. The molecule has 1 fully saturated rings. The summed E-state index contributed by atoms with van der Waals surface area (Å²) in [4.78, 5) is 53.9. The summed E-state index contributed by atoms with van der Waals surface area (Å²) in [5, 5.41) is 48.1. The summed E-state index contributed by atoms with van der Waals surface area (Å²) in [6.45, 7) is 10.8. The van der Waals surface area contributed by atoms with Crippen molar-refractivity contribution >= 4 is 124 Å². The van der Waals surface area contributed by atoms with Gasteiger partial charge in [-0.05, 0) is 137 Å². The van der Waals surface area contributed by atoms with Gasteiger partial charge in [-0.15, -0.1) is 0 Å². The van der Waals surface area contributed by atoms with Gasteiger partial charge in [0.05, 0.1) is 39.6 Å². The molecule has 2 unspecified atom stereocenters. The molecule has 0 bridgehead atoms. The highest BCUT2D eigenvalue weighted by Crippen LogP contribution is 2.23. The largest absolute Gasteiger partial charge is 0.508 e. The van der Waals surface area contributed by atoms with Crippen LogP contribution in [0.15, 0.2) is 85.5 Å². The van der Waals surface area contributed by atoms with Crippen molar-refractivity contribution in [1.29, 1.82) is 0 Å². The molecule has 28 heteroatoms. The molecule has 5 aliphatic heterocycles. The predicted octanol–water partition coefficient (Wildman–Crippen LogP) is 0.0666. The Labute approximate surface area is 446 Å². The molecule has 10 N–H and O–H groups in total. The molecule has 5 aliphatic rings. The molecule has 5 heterocycles. The Kier molecular flexibility index (Phi) is 25.1. The van der Waals surface area contributed by atoms with Crippen molar-refractivity contribution in [3.8, 4) is 23.0 Å². The number of esters is 1. The van der Waals surface area contributed by atoms with Crippen LogP contribution >= 0.6 is 39.9 Å². The number of phenolic OH excluding ortho intramolecular Hbond substituents is 1. The van der Waals surface area contributed by atoms with Crippen molar-refractivity contribution in [2.45, 2.75) is 63.7 Å². The summed E-state index contributed by atoms with van der Waals surface area (Å²) in [5.41, 5.74) is 15.9. The second-order valence-corrected chi connectivity index (χ2v) is 18.6. The van der Waals surface area contributed by atoms with E-state index in [2.05, 4.69) is 56.2 Å². The summed E-state index contributed by atoms with van der Waals surface area (Å²) in [6.07, 6.45) is 1.54. The van der Waals surface area contributed by atoms with Crippen LogP contribution < -0.4 is 52.8 Å². The van der Waals surface area contributed by atoms with E-state index in [9.17, 15) is 44.1 Å². The topological polar surface area (TPSA) is 324 Å². The smallest absolute Gasteiger partial charge is 0.491 e. The lowest BCUT2D eigenvalue weighted by Gasteiger charge is -2.10. The second kappa shape index (κ2) is 30.6. The number of carbonyl (C=O) groups is 5. The zero-order valence-electron chi connectivity index (χ0n) is 40.4. The number of carbonyl (C=O) groups excluding carboxylic acids is 5. The quantitative estimate of drug-likeness (QED) is 0.0289. The first-order valence-electron chi connectivity index (χ1n) is 22.5. The summed E-state index contributed by atoms with van der Waals surface area (Å²) in [6, 6.07) is 21.0. The summed E-state index contributed by atoms with van der Waals surface area (Å²) < 4.78 is 40.9. The lowest BCUT2D eigenvalue weighted by molar-refractivity contribution is -0.137. The number of benzene rings is 4. The molecule has 1 saturated heterocycles. The number of nitrogens with one attached hydrogen (secondary N) is 1. The van der Waals surface area contributed by atoms with Crippen LogP contribution in [0.3, 0.4) is 0 Å². The van der Waals surface area contributed by atoms with Gasteiger partial charge in [0.15, 0.2) is 5.11 Å². The molecule has 74 heavy (non-hydrogen) atoms. The monoisotopic (exact) mass is 1120 g/mol. The van der Waals surface area contributed by atoms with Crippen molar-refractivity contribution in [3.05, 3.63) is 108 Å². The molecule has 0 saturated carbocycles. The number of fused-ring (bicyclic) bond motifs is 4. The van der Waals surface area contributed by atoms with Crippen LogP contribution in [0.25, 0.3) is 0 Å². The van der Waals surface area contributed by atoms with Crippen LogP contribution in [0.4, 0.5) is 4.79 Å². The lowest BCUT2D eigenvalue weighted by Crippen LogP contribution is -2.29. The fourth-order valence-electron chi connectivity index (χ4n) is 6.53. The van der Waals surface area contributed by atoms with Crippen LogP contribution in [0, 0.1) is 0 Å². The molecular weight excluding hydrogens is 1070 g/mol. The standard InChI is InChI=1S/C11H12BBrO4.C11H10BNO5S.C11H13BO4.C7H7BO3.C5H8O2.CH4N2S/c1-7(14)11(13)6-16-9-3-2-8-5-17-12(15)10(8)4-9;14-10-9(19-11(15)13-10)5-17-7-2-1-6-4-18-12(16)8(6)3-7;1-8(13)4-5-15-10-3-2-9-7-16-12(14)11(9)6-10;9-6-2-1-5-4-11-8(10)7(5)3-6;1-3-5(6)7-4-2;2-1(3)4/h2-4,11,15H,5-6H2,1H3;1-3,9,16H,4-5H2,(H,13,14,15);2-3,6,14H,4-5,7H2,1H3;1-3,9-10H,4H2;3H,1,4H2,2H3;(H4,2,3,4). The van der Waals surface area contributed by atoms with Crippen molar-refractivity contribution < 1.29 is 86.7 Å². The van der Waals surface area contributed by atoms with Gasteiger partial charge < -0.3 is 74.2 Å². The van der Waals surface area contributed by atoms with E-state index in [4.69, 9.17) is 37.9 Å². The van der Waals surface area contributed by atoms with E-state index in [1.165, 1.54) is 19.9 Å². The van der Waals surface area contributed by atoms with Gasteiger partial charge in [-0.2, -0.15) is 0 Å². The zero-order chi connectivity index (χ0) is 54.5. The minimum Gasteiger partial charge on any atom is -0.508 e. The van der Waals surface area contributed by atoms with E-state index < -0.39 is 33.7 Å². The molecule has 4 aromatic rings. The van der Waals surface area contributed by atoms with Crippen LogP contribution in [0.2, 0.25) is 0 Å². The van der Waals surface area contributed by atoms with E-state index in [0.717, 1.165) is 51.0 Å². The average molecular weight is 1120 g/mol. The number of hydrogen-bond donors (Lipinski definition) is 8. The number of thiocarbonyl (C=S) groups is 1. The van der Waals surface area contributed by atoms with E-state index in [0.29, 0.717) is 74.2 Å². The maximum absolute atomic E-state index is 11.4. The zero-order valence-corrected chi connectivity index (χ0v) is 43.7. The number of rotatable bonds is 13. The van der Waals surface area contributed by atoms with Crippen LogP contribution in [0.5, 0.6) is 23.0 Å². The van der Waals surface area contributed by atoms with E-state index >= 15 is 0 Å². The lowest BCUT2D eigenvalue weighted by atomic mass is 9.79. The van der Waals surface area contributed by atoms with Gasteiger partial charge in [0.1, 0.15) is 57.9 Å². The van der Waals surface area contributed by atoms with Crippen molar-refractivity contribution in [3.63, 3.8) is 0 Å². The number of hydrogen-bond acceptors (Lipinski definition) is 20. The maximum Gasteiger partial charge on any atom is 0.491 e. The number of Topliss-reactive ketones (excluding diaryl/α,β-unsaturated/α-hetero) is 2. The van der Waals surface area contributed by atoms with Crippen molar-refractivity contribution in [2.24, 2.45) is 11.5 Å². The van der Waals surface area contributed by atoms with Gasteiger partial charge in [-0.3, -0.25) is 24.5 Å². The minimum absolute atomic E-state index is 0.000000000000000222. The Morgan fingerprint density at radius 2 is 1.19 bits per heavy atom. The molecule has 392 valence electrons. The third kappa shape index (κ3) is 19.8. The van der Waals surface area contributed by atoms with Gasteiger partial charge in [-0.1, -0.05) is 46.8 Å². The number of ketones is 2.